The maximum Gasteiger partial charge on any atom is 0.265 e. The van der Waals surface area contributed by atoms with E-state index in [4.69, 9.17) is 0 Å². The lowest BCUT2D eigenvalue weighted by atomic mass is 9.98. The molecular weight excluding hydrogens is 264 g/mol. The van der Waals surface area contributed by atoms with E-state index in [1.54, 1.807) is 13.1 Å². The van der Waals surface area contributed by atoms with E-state index >= 15 is 0 Å². The third kappa shape index (κ3) is 4.36. The van der Waals surface area contributed by atoms with E-state index in [0.717, 1.165) is 49.4 Å². The molecule has 21 heavy (non-hydrogen) atoms. The second kappa shape index (κ2) is 7.31. The third-order valence-electron chi connectivity index (χ3n) is 3.93. The predicted molar refractivity (Wildman–Crippen MR) is 85.1 cm³/mol. The van der Waals surface area contributed by atoms with Gasteiger partial charge in [0.25, 0.3) is 5.91 Å². The maximum atomic E-state index is 12.1. The van der Waals surface area contributed by atoms with Crippen LogP contribution in [0.5, 0.6) is 0 Å². The van der Waals surface area contributed by atoms with Crippen LogP contribution in [-0.4, -0.2) is 36.2 Å². The van der Waals surface area contributed by atoms with E-state index in [9.17, 15) is 4.79 Å². The summed E-state index contributed by atoms with van der Waals surface area (Å²) >= 11 is 0. The van der Waals surface area contributed by atoms with E-state index in [1.165, 1.54) is 0 Å². The quantitative estimate of drug-likeness (QED) is 0.832. The number of hydrogen-bond acceptors (Lipinski definition) is 4. The number of amides is 1. The topological polar surface area (TPSA) is 66.4 Å². The van der Waals surface area contributed by atoms with Crippen LogP contribution in [0, 0.1) is 19.8 Å². The largest absolute Gasteiger partial charge is 0.351 e. The molecule has 1 aliphatic heterocycles. The number of rotatable bonds is 4. The number of hydrogen-bond donors (Lipinski definition) is 2. The molecule has 5 nitrogen and oxygen atoms in total. The van der Waals surface area contributed by atoms with Crippen molar-refractivity contribution in [1.82, 2.24) is 15.6 Å². The van der Waals surface area contributed by atoms with Crippen molar-refractivity contribution in [2.75, 3.05) is 19.6 Å². The van der Waals surface area contributed by atoms with Gasteiger partial charge in [0.05, 0.1) is 11.4 Å². The Hall–Kier alpha value is -1.75. The number of nitrogens with one attached hydrogen (secondary N) is 2. The van der Waals surface area contributed by atoms with Gasteiger partial charge in [-0.3, -0.25) is 9.78 Å². The molecule has 0 saturated carbocycles. The molecule has 0 aromatic carbocycles. The molecule has 1 saturated heterocycles. The van der Waals surface area contributed by atoms with Gasteiger partial charge in [-0.05, 0) is 64.3 Å². The van der Waals surface area contributed by atoms with Crippen molar-refractivity contribution in [3.8, 4) is 0 Å². The molecule has 1 fully saturated rings. The highest BCUT2D eigenvalue weighted by atomic mass is 16.1. The normalized spacial score (nSPS) is 16.8. The molecule has 0 aliphatic carbocycles. The van der Waals surface area contributed by atoms with Gasteiger partial charge in [0, 0.05) is 12.7 Å². The van der Waals surface area contributed by atoms with Crippen molar-refractivity contribution in [3.05, 3.63) is 23.5 Å². The lowest BCUT2D eigenvalue weighted by molar-refractivity contribution is -0.115. The van der Waals surface area contributed by atoms with E-state index in [-0.39, 0.29) is 5.91 Å². The van der Waals surface area contributed by atoms with Crippen LogP contribution in [-0.2, 0) is 4.79 Å². The van der Waals surface area contributed by atoms with Crippen LogP contribution >= 0.6 is 0 Å². The highest BCUT2D eigenvalue weighted by Gasteiger charge is 2.15. The highest BCUT2D eigenvalue weighted by Crippen LogP contribution is 2.21. The molecular formula is C16H24N4O. The molecule has 0 radical (unpaired) electrons. The second-order valence-electron chi connectivity index (χ2n) is 5.66. The maximum absolute atomic E-state index is 12.1. The fraction of sp³-hybridized carbons (Fsp3) is 0.562. The van der Waals surface area contributed by atoms with Crippen LogP contribution in [0.4, 0.5) is 5.69 Å². The van der Waals surface area contributed by atoms with Gasteiger partial charge in [-0.1, -0.05) is 0 Å². The van der Waals surface area contributed by atoms with Crippen molar-refractivity contribution in [1.29, 1.82) is 0 Å². The summed E-state index contributed by atoms with van der Waals surface area (Å²) in [5.74, 6) is 0.487. The first-order valence-corrected chi connectivity index (χ1v) is 7.54. The molecule has 0 atom stereocenters. The van der Waals surface area contributed by atoms with Gasteiger partial charge < -0.3 is 10.6 Å². The number of pyridine rings is 1. The summed E-state index contributed by atoms with van der Waals surface area (Å²) in [6.07, 6.45) is 4.00. The smallest absolute Gasteiger partial charge is 0.265 e. The molecule has 0 unspecified atom stereocenters. The van der Waals surface area contributed by atoms with Crippen LogP contribution in [0.2, 0.25) is 0 Å². The van der Waals surface area contributed by atoms with Crippen LogP contribution in [0.15, 0.2) is 17.3 Å². The molecule has 1 aromatic rings. The first-order chi connectivity index (χ1) is 10.1. The number of aromatic nitrogens is 1. The van der Waals surface area contributed by atoms with Crippen LogP contribution in [0.25, 0.3) is 0 Å². The zero-order valence-corrected chi connectivity index (χ0v) is 13.1. The van der Waals surface area contributed by atoms with Gasteiger partial charge in [-0.2, -0.15) is 0 Å². The Balaban J connectivity index is 1.96. The number of aryl methyl sites for hydroxylation is 2. The Bertz CT molecular complexity index is 513. The summed E-state index contributed by atoms with van der Waals surface area (Å²) in [6, 6.07) is 1.91. The predicted octanol–water partition coefficient (Wildman–Crippen LogP) is 1.91. The first kappa shape index (κ1) is 15.6. The molecule has 1 aromatic heterocycles. The minimum Gasteiger partial charge on any atom is -0.351 e. The van der Waals surface area contributed by atoms with Crippen LogP contribution in [0.1, 0.15) is 31.0 Å². The number of carbonyl (C=O) groups excluding carboxylic acids is 1. The Labute approximate surface area is 126 Å². The highest BCUT2D eigenvalue weighted by molar-refractivity contribution is 6.38. The molecule has 114 valence electrons. The Morgan fingerprint density at radius 1 is 1.43 bits per heavy atom. The standard InChI is InChI=1S/C16H24N4O/c1-11-4-9-18-12(2)15(11)20-13(3)16(21)19-10-14-5-7-17-8-6-14/h4,9,14,17H,5-8,10H2,1-3H3,(H,19,21). The van der Waals surface area contributed by atoms with E-state index < -0.39 is 0 Å². The van der Waals surface area contributed by atoms with Crippen molar-refractivity contribution in [2.45, 2.75) is 33.6 Å². The van der Waals surface area contributed by atoms with Crippen molar-refractivity contribution in [2.24, 2.45) is 10.9 Å². The molecule has 2 rings (SSSR count). The fourth-order valence-electron chi connectivity index (χ4n) is 2.52. The van der Waals surface area contributed by atoms with Gasteiger partial charge >= 0.3 is 0 Å². The Morgan fingerprint density at radius 3 is 2.81 bits per heavy atom. The monoisotopic (exact) mass is 288 g/mol. The molecule has 2 N–H and O–H groups in total. The molecule has 2 heterocycles. The van der Waals surface area contributed by atoms with Crippen LogP contribution < -0.4 is 10.6 Å². The fourth-order valence-corrected chi connectivity index (χ4v) is 2.52. The third-order valence-corrected chi connectivity index (χ3v) is 3.93. The van der Waals surface area contributed by atoms with E-state index in [0.29, 0.717) is 11.6 Å². The zero-order valence-electron chi connectivity index (χ0n) is 13.1. The molecule has 1 aliphatic rings. The molecule has 5 heteroatoms. The zero-order chi connectivity index (χ0) is 15.2. The number of piperidine rings is 1. The van der Waals surface area contributed by atoms with Gasteiger partial charge in [0.2, 0.25) is 0 Å². The van der Waals surface area contributed by atoms with Crippen molar-refractivity contribution < 1.29 is 4.79 Å². The molecule has 0 bridgehead atoms. The minimum atomic E-state index is -0.0869. The summed E-state index contributed by atoms with van der Waals surface area (Å²) in [5.41, 5.74) is 3.17. The molecule has 0 spiro atoms. The van der Waals surface area contributed by atoms with Gasteiger partial charge in [0.1, 0.15) is 5.71 Å². The first-order valence-electron chi connectivity index (χ1n) is 7.54. The van der Waals surface area contributed by atoms with Gasteiger partial charge in [0.15, 0.2) is 0 Å². The second-order valence-corrected chi connectivity index (χ2v) is 5.66. The summed E-state index contributed by atoms with van der Waals surface area (Å²) in [5, 5.41) is 6.32. The summed E-state index contributed by atoms with van der Waals surface area (Å²) in [6.45, 7) is 8.46. The summed E-state index contributed by atoms with van der Waals surface area (Å²) < 4.78 is 0. The number of nitrogens with zero attached hydrogens (tertiary/aromatic N) is 2. The average molecular weight is 288 g/mol. The van der Waals surface area contributed by atoms with E-state index in [1.807, 2.05) is 19.9 Å². The van der Waals surface area contributed by atoms with Crippen molar-refractivity contribution >= 4 is 17.3 Å². The lowest BCUT2D eigenvalue weighted by Gasteiger charge is -2.22. The Kier molecular flexibility index (Phi) is 5.44. The Morgan fingerprint density at radius 2 is 2.14 bits per heavy atom. The van der Waals surface area contributed by atoms with Gasteiger partial charge in [-0.25, -0.2) is 4.99 Å². The average Bonchev–Trinajstić information content (AvgIpc) is 2.49. The summed E-state index contributed by atoms with van der Waals surface area (Å²) in [7, 11) is 0. The minimum absolute atomic E-state index is 0.0869. The van der Waals surface area contributed by atoms with Crippen LogP contribution in [0.3, 0.4) is 0 Å². The van der Waals surface area contributed by atoms with Crippen molar-refractivity contribution in [3.63, 3.8) is 0 Å². The van der Waals surface area contributed by atoms with E-state index in [2.05, 4.69) is 20.6 Å². The molecule has 1 amide bonds. The number of carbonyl (C=O) groups is 1. The SMILES string of the molecule is CC(=Nc1c(C)ccnc1C)C(=O)NCC1CCNCC1. The lowest BCUT2D eigenvalue weighted by Crippen LogP contribution is -2.38. The summed E-state index contributed by atoms with van der Waals surface area (Å²) in [4.78, 5) is 20.8. The van der Waals surface area contributed by atoms with Gasteiger partial charge in [-0.15, -0.1) is 0 Å². The number of aliphatic imine (C=N–C) groups is 1.